The maximum Gasteiger partial charge on any atom is 0.331 e. The van der Waals surface area contributed by atoms with Crippen molar-refractivity contribution in [2.24, 2.45) is 5.92 Å². The van der Waals surface area contributed by atoms with E-state index in [4.69, 9.17) is 0 Å². The molecule has 4 amide bonds. The summed E-state index contributed by atoms with van der Waals surface area (Å²) >= 11 is 0. The number of hydrogen-bond acceptors (Lipinski definition) is 3. The Balaban J connectivity index is 1.98. The van der Waals surface area contributed by atoms with Crippen molar-refractivity contribution >= 4 is 17.8 Å². The van der Waals surface area contributed by atoms with Crippen molar-refractivity contribution in [1.29, 1.82) is 0 Å². The molecule has 0 aromatic heterocycles. The monoisotopic (exact) mass is 266 g/mol. The Labute approximate surface area is 113 Å². The van der Waals surface area contributed by atoms with E-state index in [-0.39, 0.29) is 18.4 Å². The lowest BCUT2D eigenvalue weighted by Gasteiger charge is -2.37. The minimum absolute atomic E-state index is 0.0174. The molecule has 1 heterocycles. The molecule has 1 N–H and O–H groups in total. The number of barbiturate groups is 1. The van der Waals surface area contributed by atoms with Gasteiger partial charge in [0.15, 0.2) is 0 Å². The number of amides is 4. The van der Waals surface area contributed by atoms with Crippen molar-refractivity contribution in [2.75, 3.05) is 0 Å². The highest BCUT2D eigenvalue weighted by molar-refractivity contribution is 6.14. The van der Waals surface area contributed by atoms with Crippen LogP contribution in [0.15, 0.2) is 0 Å². The van der Waals surface area contributed by atoms with Crippen LogP contribution in [0.2, 0.25) is 0 Å². The predicted octanol–water partition coefficient (Wildman–Crippen LogP) is 2.20. The van der Waals surface area contributed by atoms with E-state index >= 15 is 0 Å². The maximum absolute atomic E-state index is 11.9. The zero-order valence-electron chi connectivity index (χ0n) is 11.5. The van der Waals surface area contributed by atoms with E-state index in [1.54, 1.807) is 0 Å². The number of carbonyl (C=O) groups excluding carboxylic acids is 3. The molecule has 0 aromatic rings. The highest BCUT2D eigenvalue weighted by atomic mass is 16.2. The highest BCUT2D eigenvalue weighted by Crippen LogP contribution is 2.31. The van der Waals surface area contributed by atoms with Gasteiger partial charge in [-0.1, -0.05) is 39.0 Å². The summed E-state index contributed by atoms with van der Waals surface area (Å²) in [6, 6.07) is -0.543. The van der Waals surface area contributed by atoms with Crippen molar-refractivity contribution in [1.82, 2.24) is 10.2 Å². The minimum atomic E-state index is -0.526. The molecule has 1 saturated carbocycles. The summed E-state index contributed by atoms with van der Waals surface area (Å²) in [5, 5.41) is 2.24. The van der Waals surface area contributed by atoms with Crippen molar-refractivity contribution < 1.29 is 14.4 Å². The molecular formula is C14H22N2O3. The van der Waals surface area contributed by atoms with Crippen LogP contribution in [-0.4, -0.2) is 28.8 Å². The molecule has 2 atom stereocenters. The third-order valence-electron chi connectivity index (χ3n) is 4.13. The average molecular weight is 266 g/mol. The van der Waals surface area contributed by atoms with E-state index in [2.05, 4.69) is 12.2 Å². The third kappa shape index (κ3) is 3.33. The van der Waals surface area contributed by atoms with Gasteiger partial charge in [-0.2, -0.15) is 0 Å². The van der Waals surface area contributed by atoms with Crippen molar-refractivity contribution in [3.63, 3.8) is 0 Å². The van der Waals surface area contributed by atoms with Crippen LogP contribution in [0, 0.1) is 5.92 Å². The van der Waals surface area contributed by atoms with Gasteiger partial charge in [0.05, 0.1) is 0 Å². The molecule has 2 aliphatic rings. The van der Waals surface area contributed by atoms with Crippen molar-refractivity contribution in [2.45, 2.75) is 64.3 Å². The molecule has 0 radical (unpaired) electrons. The third-order valence-corrected chi connectivity index (χ3v) is 4.13. The molecular weight excluding hydrogens is 244 g/mol. The SMILES string of the molecule is CCCCC1CCCC(N2C(=O)CC(=O)NC2=O)C1. The predicted molar refractivity (Wildman–Crippen MR) is 70.3 cm³/mol. The number of hydrogen-bond donors (Lipinski definition) is 1. The first-order valence-electron chi connectivity index (χ1n) is 7.27. The Bertz CT molecular complexity index is 361. The molecule has 2 fully saturated rings. The molecule has 2 rings (SSSR count). The second kappa shape index (κ2) is 6.17. The van der Waals surface area contributed by atoms with Crippen LogP contribution in [0.5, 0.6) is 0 Å². The second-order valence-corrected chi connectivity index (χ2v) is 5.62. The van der Waals surface area contributed by atoms with E-state index in [1.807, 2.05) is 0 Å². The molecule has 5 heteroatoms. The fourth-order valence-corrected chi connectivity index (χ4v) is 3.18. The minimum Gasteiger partial charge on any atom is -0.277 e. The Morgan fingerprint density at radius 1 is 1.26 bits per heavy atom. The van der Waals surface area contributed by atoms with Crippen molar-refractivity contribution in [3.8, 4) is 0 Å². The molecule has 19 heavy (non-hydrogen) atoms. The summed E-state index contributed by atoms with van der Waals surface area (Å²) in [4.78, 5) is 36.1. The average Bonchev–Trinajstić information content (AvgIpc) is 2.35. The summed E-state index contributed by atoms with van der Waals surface area (Å²) in [6.45, 7) is 2.17. The van der Waals surface area contributed by atoms with Crippen LogP contribution < -0.4 is 5.32 Å². The number of nitrogens with zero attached hydrogens (tertiary/aromatic N) is 1. The van der Waals surface area contributed by atoms with Crippen LogP contribution in [0.1, 0.15) is 58.3 Å². The van der Waals surface area contributed by atoms with E-state index in [9.17, 15) is 14.4 Å². The summed E-state index contributed by atoms with van der Waals surface area (Å²) in [7, 11) is 0. The lowest BCUT2D eigenvalue weighted by atomic mass is 9.82. The van der Waals surface area contributed by atoms with Gasteiger partial charge in [-0.3, -0.25) is 19.8 Å². The van der Waals surface area contributed by atoms with Crippen LogP contribution in [-0.2, 0) is 9.59 Å². The van der Waals surface area contributed by atoms with Gasteiger partial charge in [0, 0.05) is 6.04 Å². The Morgan fingerprint density at radius 3 is 2.74 bits per heavy atom. The molecule has 106 valence electrons. The first-order valence-corrected chi connectivity index (χ1v) is 7.27. The second-order valence-electron chi connectivity index (χ2n) is 5.62. The zero-order valence-corrected chi connectivity index (χ0v) is 11.5. The van der Waals surface area contributed by atoms with E-state index in [1.165, 1.54) is 30.6 Å². The number of urea groups is 1. The largest absolute Gasteiger partial charge is 0.331 e. The van der Waals surface area contributed by atoms with Crippen LogP contribution in [0.4, 0.5) is 4.79 Å². The van der Waals surface area contributed by atoms with E-state index in [0.29, 0.717) is 5.92 Å². The summed E-state index contributed by atoms with van der Waals surface area (Å²) in [5.74, 6) is -0.212. The van der Waals surface area contributed by atoms with Gasteiger partial charge in [-0.05, 0) is 18.8 Å². The molecule has 1 aliphatic heterocycles. The summed E-state index contributed by atoms with van der Waals surface area (Å²) in [5.41, 5.74) is 0. The molecule has 0 bridgehead atoms. The number of unbranched alkanes of at least 4 members (excludes halogenated alkanes) is 1. The molecule has 0 spiro atoms. The highest BCUT2D eigenvalue weighted by Gasteiger charge is 2.38. The molecule has 0 aromatic carbocycles. The zero-order chi connectivity index (χ0) is 13.8. The first-order chi connectivity index (χ1) is 9.11. The van der Waals surface area contributed by atoms with Crippen molar-refractivity contribution in [3.05, 3.63) is 0 Å². The van der Waals surface area contributed by atoms with Gasteiger partial charge >= 0.3 is 6.03 Å². The first kappa shape index (κ1) is 14.0. The Morgan fingerprint density at radius 2 is 2.05 bits per heavy atom. The maximum atomic E-state index is 11.9. The van der Waals surface area contributed by atoms with E-state index < -0.39 is 11.9 Å². The van der Waals surface area contributed by atoms with Crippen LogP contribution >= 0.6 is 0 Å². The molecule has 1 saturated heterocycles. The molecule has 5 nitrogen and oxygen atoms in total. The fourth-order valence-electron chi connectivity index (χ4n) is 3.18. The van der Waals surface area contributed by atoms with E-state index in [0.717, 1.165) is 19.3 Å². The van der Waals surface area contributed by atoms with Gasteiger partial charge in [-0.25, -0.2) is 4.79 Å². The normalized spacial score (nSPS) is 28.5. The quantitative estimate of drug-likeness (QED) is 0.793. The lowest BCUT2D eigenvalue weighted by Crippen LogP contribution is -2.57. The lowest BCUT2D eigenvalue weighted by molar-refractivity contribution is -0.138. The number of imide groups is 2. The van der Waals surface area contributed by atoms with Crippen LogP contribution in [0.3, 0.4) is 0 Å². The Hall–Kier alpha value is -1.39. The number of nitrogens with one attached hydrogen (secondary N) is 1. The van der Waals surface area contributed by atoms with Gasteiger partial charge in [-0.15, -0.1) is 0 Å². The smallest absolute Gasteiger partial charge is 0.277 e. The number of rotatable bonds is 4. The molecule has 2 unspecified atom stereocenters. The Kier molecular flexibility index (Phi) is 4.56. The van der Waals surface area contributed by atoms with Gasteiger partial charge in [0.1, 0.15) is 6.42 Å². The van der Waals surface area contributed by atoms with Gasteiger partial charge in [0.25, 0.3) is 0 Å². The van der Waals surface area contributed by atoms with Gasteiger partial charge < -0.3 is 0 Å². The fraction of sp³-hybridized carbons (Fsp3) is 0.786. The van der Waals surface area contributed by atoms with Gasteiger partial charge in [0.2, 0.25) is 11.8 Å². The number of carbonyl (C=O) groups is 3. The topological polar surface area (TPSA) is 66.5 Å². The van der Waals surface area contributed by atoms with Crippen LogP contribution in [0.25, 0.3) is 0 Å². The standard InChI is InChI=1S/C14H22N2O3/c1-2-3-5-10-6-4-7-11(8-10)16-13(18)9-12(17)15-14(16)19/h10-11H,2-9H2,1H3,(H,15,17,19). The summed E-state index contributed by atoms with van der Waals surface area (Å²) < 4.78 is 0. The molecule has 1 aliphatic carbocycles. The summed E-state index contributed by atoms with van der Waals surface area (Å²) in [6.07, 6.45) is 7.39.